The summed E-state index contributed by atoms with van der Waals surface area (Å²) in [6.07, 6.45) is 0. The fraction of sp³-hybridized carbons (Fsp3) is 0.188. The van der Waals surface area contributed by atoms with Gasteiger partial charge in [-0.05, 0) is 19.1 Å². The summed E-state index contributed by atoms with van der Waals surface area (Å²) in [4.78, 5) is 23.1. The summed E-state index contributed by atoms with van der Waals surface area (Å²) in [6.45, 7) is 1.57. The first-order valence-corrected chi connectivity index (χ1v) is 7.23. The minimum Gasteiger partial charge on any atom is -0.495 e. The summed E-state index contributed by atoms with van der Waals surface area (Å²) in [6, 6.07) is 7.51. The number of hydrogen-bond acceptors (Lipinski definition) is 5. The van der Waals surface area contributed by atoms with Crippen LogP contribution in [0.5, 0.6) is 11.5 Å². The van der Waals surface area contributed by atoms with Crippen molar-refractivity contribution >= 4 is 28.9 Å². The van der Waals surface area contributed by atoms with E-state index in [0.717, 1.165) is 0 Å². The molecular formula is C16H15ClN2O5. The van der Waals surface area contributed by atoms with E-state index in [2.05, 4.69) is 5.32 Å². The minimum absolute atomic E-state index is 0.0472. The van der Waals surface area contributed by atoms with E-state index in [0.29, 0.717) is 17.1 Å². The number of nitrogens with zero attached hydrogens (tertiary/aromatic N) is 1. The zero-order chi connectivity index (χ0) is 17.9. The van der Waals surface area contributed by atoms with E-state index < -0.39 is 10.8 Å². The molecule has 0 spiro atoms. The number of rotatable bonds is 5. The molecule has 7 nitrogen and oxygen atoms in total. The number of para-hydroxylation sites is 1. The van der Waals surface area contributed by atoms with Gasteiger partial charge in [-0.15, -0.1) is 0 Å². The summed E-state index contributed by atoms with van der Waals surface area (Å²) in [5.41, 5.74) is 0.388. The molecule has 0 saturated carbocycles. The molecule has 1 N–H and O–H groups in total. The predicted octanol–water partition coefficient (Wildman–Crippen LogP) is 3.83. The molecular weight excluding hydrogens is 336 g/mol. The second-order valence-corrected chi connectivity index (χ2v) is 5.28. The fourth-order valence-electron chi connectivity index (χ4n) is 2.23. The van der Waals surface area contributed by atoms with Crippen molar-refractivity contribution in [2.75, 3.05) is 19.5 Å². The molecule has 0 fully saturated rings. The van der Waals surface area contributed by atoms with Crippen molar-refractivity contribution in [3.63, 3.8) is 0 Å². The maximum Gasteiger partial charge on any atom is 0.285 e. The molecule has 0 aliphatic rings. The smallest absolute Gasteiger partial charge is 0.285 e. The minimum atomic E-state index is -0.634. The van der Waals surface area contributed by atoms with Crippen LogP contribution in [0.3, 0.4) is 0 Å². The number of nitrogens with one attached hydrogen (secondary N) is 1. The van der Waals surface area contributed by atoms with Crippen LogP contribution < -0.4 is 14.8 Å². The number of carbonyl (C=O) groups is 1. The Bertz CT molecular complexity index is 807. The van der Waals surface area contributed by atoms with Gasteiger partial charge < -0.3 is 14.8 Å². The maximum absolute atomic E-state index is 12.5. The second-order valence-electron chi connectivity index (χ2n) is 4.87. The van der Waals surface area contributed by atoms with Crippen LogP contribution in [0.2, 0.25) is 5.02 Å². The topological polar surface area (TPSA) is 90.7 Å². The molecule has 126 valence electrons. The number of methoxy groups -OCH3 is 2. The van der Waals surface area contributed by atoms with Gasteiger partial charge in [0.05, 0.1) is 29.9 Å². The molecule has 2 aromatic carbocycles. The summed E-state index contributed by atoms with van der Waals surface area (Å²) in [7, 11) is 2.88. The molecule has 0 unspecified atom stereocenters. The summed E-state index contributed by atoms with van der Waals surface area (Å²) in [5.74, 6) is 0.0675. The number of nitro benzene ring substituents is 1. The number of ether oxygens (including phenoxy) is 2. The SMILES string of the molecule is COc1cc(OC)c(NC(=O)c2cccc(C)c2[N+](=O)[O-])cc1Cl. The van der Waals surface area contributed by atoms with E-state index in [1.165, 1.54) is 32.4 Å². The van der Waals surface area contributed by atoms with E-state index in [1.54, 1.807) is 19.1 Å². The number of hydrogen-bond donors (Lipinski definition) is 1. The predicted molar refractivity (Wildman–Crippen MR) is 90.3 cm³/mol. The summed E-state index contributed by atoms with van der Waals surface area (Å²) < 4.78 is 10.3. The van der Waals surface area contributed by atoms with Gasteiger partial charge in [0, 0.05) is 11.6 Å². The molecule has 0 atom stereocenters. The van der Waals surface area contributed by atoms with Crippen molar-refractivity contribution in [2.45, 2.75) is 6.92 Å². The number of halogens is 1. The van der Waals surface area contributed by atoms with Crippen LogP contribution in [-0.2, 0) is 0 Å². The zero-order valence-corrected chi connectivity index (χ0v) is 14.0. The lowest BCUT2D eigenvalue weighted by Gasteiger charge is -2.13. The Labute approximate surface area is 143 Å². The number of aryl methyl sites for hydroxylation is 1. The number of carbonyl (C=O) groups excluding carboxylic acids is 1. The average Bonchev–Trinajstić information content (AvgIpc) is 2.54. The van der Waals surface area contributed by atoms with Crippen LogP contribution in [0.15, 0.2) is 30.3 Å². The van der Waals surface area contributed by atoms with Gasteiger partial charge >= 0.3 is 0 Å². The van der Waals surface area contributed by atoms with Gasteiger partial charge in [-0.3, -0.25) is 14.9 Å². The lowest BCUT2D eigenvalue weighted by atomic mass is 10.1. The van der Waals surface area contributed by atoms with E-state index in [1.807, 2.05) is 0 Å². The van der Waals surface area contributed by atoms with Crippen LogP contribution >= 0.6 is 11.6 Å². The number of amides is 1. The molecule has 0 aromatic heterocycles. The van der Waals surface area contributed by atoms with E-state index in [9.17, 15) is 14.9 Å². The van der Waals surface area contributed by atoms with Crippen LogP contribution in [0.4, 0.5) is 11.4 Å². The summed E-state index contributed by atoms with van der Waals surface area (Å²) >= 11 is 6.05. The van der Waals surface area contributed by atoms with Crippen molar-refractivity contribution in [3.8, 4) is 11.5 Å². The van der Waals surface area contributed by atoms with Gasteiger partial charge in [-0.2, -0.15) is 0 Å². The Morgan fingerprint density at radius 3 is 2.46 bits per heavy atom. The molecule has 0 radical (unpaired) electrons. The van der Waals surface area contributed by atoms with E-state index in [-0.39, 0.29) is 22.0 Å². The van der Waals surface area contributed by atoms with Gasteiger partial charge in [0.25, 0.3) is 11.6 Å². The van der Waals surface area contributed by atoms with Gasteiger partial charge in [0.15, 0.2) is 0 Å². The molecule has 24 heavy (non-hydrogen) atoms. The molecule has 8 heteroatoms. The van der Waals surface area contributed by atoms with Crippen LogP contribution in [0.25, 0.3) is 0 Å². The molecule has 0 saturated heterocycles. The highest BCUT2D eigenvalue weighted by Crippen LogP contribution is 2.36. The normalized spacial score (nSPS) is 10.2. The third-order valence-electron chi connectivity index (χ3n) is 3.39. The fourth-order valence-corrected chi connectivity index (χ4v) is 2.47. The largest absolute Gasteiger partial charge is 0.495 e. The Hall–Kier alpha value is -2.80. The first kappa shape index (κ1) is 17.6. The number of nitro groups is 1. The lowest BCUT2D eigenvalue weighted by molar-refractivity contribution is -0.385. The molecule has 0 aliphatic heterocycles. The average molecular weight is 351 g/mol. The zero-order valence-electron chi connectivity index (χ0n) is 13.3. The van der Waals surface area contributed by atoms with Crippen LogP contribution in [0.1, 0.15) is 15.9 Å². The third-order valence-corrected chi connectivity index (χ3v) is 3.68. The van der Waals surface area contributed by atoms with Crippen molar-refractivity contribution in [3.05, 3.63) is 56.6 Å². The first-order valence-electron chi connectivity index (χ1n) is 6.86. The Kier molecular flexibility index (Phi) is 5.25. The monoisotopic (exact) mass is 350 g/mol. The molecule has 2 rings (SSSR count). The maximum atomic E-state index is 12.5. The summed E-state index contributed by atoms with van der Waals surface area (Å²) in [5, 5.41) is 14.1. The van der Waals surface area contributed by atoms with E-state index >= 15 is 0 Å². The molecule has 1 amide bonds. The Morgan fingerprint density at radius 1 is 1.21 bits per heavy atom. The van der Waals surface area contributed by atoms with E-state index in [4.69, 9.17) is 21.1 Å². The van der Waals surface area contributed by atoms with Gasteiger partial charge in [0.1, 0.15) is 17.1 Å². The Morgan fingerprint density at radius 2 is 1.88 bits per heavy atom. The van der Waals surface area contributed by atoms with Crippen LogP contribution in [-0.4, -0.2) is 25.1 Å². The highest BCUT2D eigenvalue weighted by Gasteiger charge is 2.23. The molecule has 0 heterocycles. The lowest BCUT2D eigenvalue weighted by Crippen LogP contribution is -2.15. The van der Waals surface area contributed by atoms with Crippen molar-refractivity contribution in [1.82, 2.24) is 0 Å². The highest BCUT2D eigenvalue weighted by molar-refractivity contribution is 6.32. The van der Waals surface area contributed by atoms with Gasteiger partial charge in [-0.25, -0.2) is 0 Å². The van der Waals surface area contributed by atoms with Gasteiger partial charge in [-0.1, -0.05) is 23.7 Å². The Balaban J connectivity index is 2.43. The highest BCUT2D eigenvalue weighted by atomic mass is 35.5. The van der Waals surface area contributed by atoms with Gasteiger partial charge in [0.2, 0.25) is 0 Å². The second kappa shape index (κ2) is 7.18. The number of benzene rings is 2. The van der Waals surface area contributed by atoms with Crippen molar-refractivity contribution in [2.24, 2.45) is 0 Å². The third kappa shape index (κ3) is 3.41. The standard InChI is InChI=1S/C16H15ClN2O5/c1-9-5-4-6-10(15(9)19(21)22)16(20)18-12-7-11(17)13(23-2)8-14(12)24-3/h4-8H,1-3H3,(H,18,20). The van der Waals surface area contributed by atoms with Crippen molar-refractivity contribution < 1.29 is 19.2 Å². The molecule has 0 aliphatic carbocycles. The van der Waals surface area contributed by atoms with Crippen LogP contribution in [0, 0.1) is 17.0 Å². The molecule has 0 bridgehead atoms. The molecule has 2 aromatic rings. The number of anilines is 1. The quantitative estimate of drug-likeness (QED) is 0.653. The first-order chi connectivity index (χ1) is 11.4. The van der Waals surface area contributed by atoms with Crippen molar-refractivity contribution in [1.29, 1.82) is 0 Å².